The molecule has 38 heavy (non-hydrogen) atoms. The number of amides is 1. The van der Waals surface area contributed by atoms with E-state index < -0.39 is 10.0 Å². The minimum absolute atomic E-state index is 0.0284. The molecule has 12 nitrogen and oxygen atoms in total. The molecule has 14 heteroatoms. The van der Waals surface area contributed by atoms with Crippen LogP contribution in [0.2, 0.25) is 0 Å². The Morgan fingerprint density at radius 1 is 1.05 bits per heavy atom. The van der Waals surface area contributed by atoms with Crippen molar-refractivity contribution in [2.75, 3.05) is 21.5 Å². The Hall–Kier alpha value is -4.92. The van der Waals surface area contributed by atoms with Gasteiger partial charge in [0.2, 0.25) is 11.9 Å². The summed E-state index contributed by atoms with van der Waals surface area (Å²) in [7, 11) is -3.90. The van der Waals surface area contributed by atoms with Crippen LogP contribution in [-0.2, 0) is 14.8 Å². The van der Waals surface area contributed by atoms with Crippen molar-refractivity contribution < 1.29 is 17.6 Å². The molecule has 0 atom stereocenters. The lowest BCUT2D eigenvalue weighted by Gasteiger charge is -2.11. The molecule has 190 valence electrons. The van der Waals surface area contributed by atoms with Gasteiger partial charge in [0.1, 0.15) is 34.3 Å². The first-order valence-corrected chi connectivity index (χ1v) is 13.3. The zero-order chi connectivity index (χ0) is 27.1. The van der Waals surface area contributed by atoms with Crippen molar-refractivity contribution in [3.05, 3.63) is 72.2 Å². The van der Waals surface area contributed by atoms with Crippen LogP contribution in [0.1, 0.15) is 17.5 Å². The summed E-state index contributed by atoms with van der Waals surface area (Å²) in [6.45, 7) is 0. The number of pyridine rings is 1. The molecule has 0 bridgehead atoms. The van der Waals surface area contributed by atoms with Crippen LogP contribution in [0.15, 0.2) is 75.5 Å². The van der Waals surface area contributed by atoms with Gasteiger partial charge in [0.25, 0.3) is 10.0 Å². The lowest BCUT2D eigenvalue weighted by molar-refractivity contribution is -0.115. The van der Waals surface area contributed by atoms with Gasteiger partial charge in [0, 0.05) is 30.3 Å². The van der Waals surface area contributed by atoms with Gasteiger partial charge in [0.05, 0.1) is 22.3 Å². The Labute approximate surface area is 221 Å². The first-order chi connectivity index (χ1) is 18.3. The fourth-order valence-corrected chi connectivity index (χ4v) is 5.18. The number of rotatable bonds is 9. The number of benzene rings is 1. The monoisotopic (exact) mass is 546 g/mol. The van der Waals surface area contributed by atoms with Gasteiger partial charge in [-0.25, -0.2) is 28.1 Å². The van der Waals surface area contributed by atoms with E-state index in [0.29, 0.717) is 11.4 Å². The van der Waals surface area contributed by atoms with Gasteiger partial charge in [-0.3, -0.25) is 4.79 Å². The van der Waals surface area contributed by atoms with Crippen LogP contribution in [0.3, 0.4) is 0 Å². The fourth-order valence-electron chi connectivity index (χ4n) is 3.28. The molecule has 0 saturated carbocycles. The second-order valence-corrected chi connectivity index (χ2v) is 10.2. The Morgan fingerprint density at radius 3 is 2.39 bits per heavy atom. The van der Waals surface area contributed by atoms with Crippen LogP contribution in [0.25, 0.3) is 11.3 Å². The van der Waals surface area contributed by atoms with Crippen LogP contribution in [-0.4, -0.2) is 35.0 Å². The first-order valence-electron chi connectivity index (χ1n) is 10.8. The minimum Gasteiger partial charge on any atom is -0.464 e. The molecule has 0 spiro atoms. The van der Waals surface area contributed by atoms with Crippen LogP contribution >= 0.6 is 11.8 Å². The number of furan rings is 1. The number of nitrogens with zero attached hydrogens (tertiary/aromatic N) is 5. The van der Waals surface area contributed by atoms with Crippen molar-refractivity contribution in [2.45, 2.75) is 16.3 Å². The lowest BCUT2D eigenvalue weighted by Crippen LogP contribution is -2.15. The molecule has 0 radical (unpaired) electrons. The number of carbonyl (C=O) groups excluding carboxylic acids is 1. The molecule has 0 saturated heterocycles. The van der Waals surface area contributed by atoms with E-state index in [0.717, 1.165) is 11.8 Å². The first kappa shape index (κ1) is 26.2. The molecule has 1 aromatic carbocycles. The number of nitrogen functional groups attached to an aromatic ring is 1. The number of thioether (sulfide) groups is 1. The third-order valence-corrected chi connectivity index (χ3v) is 7.31. The molecule has 0 fully saturated rings. The van der Waals surface area contributed by atoms with Crippen molar-refractivity contribution in [2.24, 2.45) is 0 Å². The molecule has 3 aromatic heterocycles. The second kappa shape index (κ2) is 11.4. The highest BCUT2D eigenvalue weighted by molar-refractivity contribution is 7.99. The summed E-state index contributed by atoms with van der Waals surface area (Å²) in [5, 5.41) is 22.2. The number of hydrogen-bond donors (Lipinski definition) is 3. The summed E-state index contributed by atoms with van der Waals surface area (Å²) in [5.74, 6) is 0.119. The molecular formula is C24H18N8O4S2. The van der Waals surface area contributed by atoms with Crippen molar-refractivity contribution in [1.29, 1.82) is 10.5 Å². The Morgan fingerprint density at radius 2 is 1.76 bits per heavy atom. The number of aromatic nitrogens is 3. The van der Waals surface area contributed by atoms with Gasteiger partial charge in [-0.1, -0.05) is 0 Å². The molecule has 3 heterocycles. The van der Waals surface area contributed by atoms with E-state index in [1.54, 1.807) is 18.2 Å². The molecule has 0 unspecified atom stereocenters. The van der Waals surface area contributed by atoms with Gasteiger partial charge < -0.3 is 15.5 Å². The van der Waals surface area contributed by atoms with Crippen molar-refractivity contribution in [1.82, 2.24) is 15.0 Å². The van der Waals surface area contributed by atoms with E-state index in [1.165, 1.54) is 42.9 Å². The predicted molar refractivity (Wildman–Crippen MR) is 139 cm³/mol. The Balaban J connectivity index is 1.39. The highest BCUT2D eigenvalue weighted by Gasteiger charge is 2.22. The van der Waals surface area contributed by atoms with Crippen LogP contribution in [0.4, 0.5) is 17.5 Å². The third kappa shape index (κ3) is 5.89. The normalized spacial score (nSPS) is 10.8. The van der Waals surface area contributed by atoms with Gasteiger partial charge in [-0.2, -0.15) is 10.5 Å². The SMILES string of the molecule is N#Cc1c(N)nc(SCCC(=O)Nc2ccc(S(=O)(=O)Nc3ncccn3)cc2)c(C#N)c1-c1ccco1. The number of hydrogen-bond acceptors (Lipinski definition) is 11. The summed E-state index contributed by atoms with van der Waals surface area (Å²) < 4.78 is 32.6. The third-order valence-electron chi connectivity index (χ3n) is 4.99. The summed E-state index contributed by atoms with van der Waals surface area (Å²) in [5.41, 5.74) is 6.76. The smallest absolute Gasteiger partial charge is 0.264 e. The molecule has 1 amide bonds. The fraction of sp³-hybridized carbons (Fsp3) is 0.0833. The van der Waals surface area contributed by atoms with Gasteiger partial charge in [-0.05, 0) is 42.5 Å². The summed E-state index contributed by atoms with van der Waals surface area (Å²) in [6, 6.07) is 14.4. The number of nitrogens with one attached hydrogen (secondary N) is 2. The number of sulfonamides is 1. The molecule has 0 aliphatic heterocycles. The number of nitrogens with two attached hydrogens (primary N) is 1. The number of anilines is 3. The molecule has 0 aliphatic carbocycles. The van der Waals surface area contributed by atoms with Crippen molar-refractivity contribution >= 4 is 45.1 Å². The molecule has 0 aliphatic rings. The molecular weight excluding hydrogens is 528 g/mol. The second-order valence-electron chi connectivity index (χ2n) is 7.48. The van der Waals surface area contributed by atoms with Crippen LogP contribution in [0.5, 0.6) is 0 Å². The van der Waals surface area contributed by atoms with E-state index in [9.17, 15) is 23.7 Å². The quantitative estimate of drug-likeness (QED) is 0.260. The van der Waals surface area contributed by atoms with Crippen molar-refractivity contribution in [3.8, 4) is 23.5 Å². The van der Waals surface area contributed by atoms with Crippen LogP contribution < -0.4 is 15.8 Å². The van der Waals surface area contributed by atoms with Crippen LogP contribution in [0, 0.1) is 22.7 Å². The summed E-state index contributed by atoms with van der Waals surface area (Å²) >= 11 is 1.14. The highest BCUT2D eigenvalue weighted by Crippen LogP contribution is 2.36. The lowest BCUT2D eigenvalue weighted by atomic mass is 10.0. The van der Waals surface area contributed by atoms with E-state index in [-0.39, 0.29) is 56.5 Å². The Bertz CT molecular complexity index is 1640. The maximum absolute atomic E-state index is 12.5. The maximum atomic E-state index is 12.5. The van der Waals surface area contributed by atoms with Gasteiger partial charge in [-0.15, -0.1) is 11.8 Å². The Kier molecular flexibility index (Phi) is 7.86. The average Bonchev–Trinajstić information content (AvgIpc) is 3.44. The number of carbonyl (C=O) groups is 1. The van der Waals surface area contributed by atoms with Gasteiger partial charge in [0.15, 0.2) is 0 Å². The van der Waals surface area contributed by atoms with E-state index >= 15 is 0 Å². The maximum Gasteiger partial charge on any atom is 0.264 e. The topological polar surface area (TPSA) is 201 Å². The molecule has 4 N–H and O–H groups in total. The minimum atomic E-state index is -3.90. The van der Waals surface area contributed by atoms with E-state index in [4.69, 9.17) is 10.2 Å². The van der Waals surface area contributed by atoms with Crippen molar-refractivity contribution in [3.63, 3.8) is 0 Å². The van der Waals surface area contributed by atoms with E-state index in [2.05, 4.69) is 31.1 Å². The molecule has 4 rings (SSSR count). The zero-order valence-corrected chi connectivity index (χ0v) is 21.1. The summed E-state index contributed by atoms with van der Waals surface area (Å²) in [4.78, 5) is 24.3. The standard InChI is InChI=1S/C24H18N8O4S2/c25-13-17-21(19-3-1-11-36-19)18(14-26)23(31-22(17)27)37-12-8-20(33)30-15-4-6-16(7-5-15)38(34,35)32-24-28-9-2-10-29-24/h1-7,9-11H,8,12H2,(H2,27,31)(H,30,33)(H,28,29,32). The largest absolute Gasteiger partial charge is 0.464 e. The average molecular weight is 547 g/mol. The van der Waals surface area contributed by atoms with Gasteiger partial charge >= 0.3 is 0 Å². The highest BCUT2D eigenvalue weighted by atomic mass is 32.2. The predicted octanol–water partition coefficient (Wildman–Crippen LogP) is 3.38. The number of nitriles is 2. The van der Waals surface area contributed by atoms with E-state index in [1.807, 2.05) is 6.07 Å². The molecule has 4 aromatic rings. The summed E-state index contributed by atoms with van der Waals surface area (Å²) in [6.07, 6.45) is 4.29. The zero-order valence-electron chi connectivity index (χ0n) is 19.5.